The number of hydrogen-bond donors (Lipinski definition) is 0. The van der Waals surface area contributed by atoms with Crippen molar-refractivity contribution in [3.05, 3.63) is 144 Å². The molecule has 0 unspecified atom stereocenters. The molecule has 1 aliphatic heterocycles. The smallest absolute Gasteiger partial charge is 0.314 e. The van der Waals surface area contributed by atoms with Crippen molar-refractivity contribution in [2.75, 3.05) is 14.1 Å². The van der Waals surface area contributed by atoms with Gasteiger partial charge in [-0.15, -0.1) is 0 Å². The van der Waals surface area contributed by atoms with Gasteiger partial charge in [0.2, 0.25) is 0 Å². The molecule has 0 atom stereocenters. The maximum Gasteiger partial charge on any atom is 0.314 e. The summed E-state index contributed by atoms with van der Waals surface area (Å²) in [6, 6.07) is 42.9. The lowest BCUT2D eigenvalue weighted by molar-refractivity contribution is -0.00147. The summed E-state index contributed by atoms with van der Waals surface area (Å²) in [6.07, 6.45) is 0. The van der Waals surface area contributed by atoms with Gasteiger partial charge in [-0.05, 0) is 43.8 Å². The molecule has 0 fully saturated rings. The first kappa shape index (κ1) is 21.3. The van der Waals surface area contributed by atoms with Crippen molar-refractivity contribution in [1.29, 1.82) is 0 Å². The van der Waals surface area contributed by atoms with E-state index in [1.165, 1.54) is 43.8 Å². The number of hydroxylamine groups is 2. The Morgan fingerprint density at radius 3 is 1.06 bits per heavy atom. The molecular formula is C30H26NOSi. The van der Waals surface area contributed by atoms with E-state index in [0.29, 0.717) is 0 Å². The molecular weight excluding hydrogens is 418 g/mol. The van der Waals surface area contributed by atoms with E-state index >= 15 is 0 Å². The zero-order valence-electron chi connectivity index (χ0n) is 18.9. The minimum atomic E-state index is -1.60. The monoisotopic (exact) mass is 444 g/mol. The third kappa shape index (κ3) is 4.26. The Morgan fingerprint density at radius 2 is 0.758 bits per heavy atom. The van der Waals surface area contributed by atoms with Crippen LogP contribution >= 0.6 is 0 Å². The van der Waals surface area contributed by atoms with Gasteiger partial charge in [0.15, 0.2) is 0 Å². The van der Waals surface area contributed by atoms with Crippen molar-refractivity contribution in [3.63, 3.8) is 0 Å². The normalized spacial score (nSPS) is 14.4. The maximum atomic E-state index is 6.67. The van der Waals surface area contributed by atoms with Crippen molar-refractivity contribution in [2.45, 2.75) is 0 Å². The van der Waals surface area contributed by atoms with Crippen molar-refractivity contribution >= 4 is 30.6 Å². The van der Waals surface area contributed by atoms with Crippen LogP contribution in [0.15, 0.2) is 121 Å². The molecule has 0 bridgehead atoms. The first-order valence-electron chi connectivity index (χ1n) is 11.2. The van der Waals surface area contributed by atoms with Crippen LogP contribution in [-0.2, 0) is 4.53 Å². The molecule has 4 aromatic rings. The van der Waals surface area contributed by atoms with Crippen LogP contribution in [0.25, 0.3) is 21.5 Å². The molecule has 0 aromatic heterocycles. The van der Waals surface area contributed by atoms with E-state index in [1.54, 1.807) is 0 Å². The summed E-state index contributed by atoms with van der Waals surface area (Å²) < 4.78 is 6.67. The number of benzene rings is 4. The lowest BCUT2D eigenvalue weighted by atomic mass is 9.89. The molecule has 33 heavy (non-hydrogen) atoms. The molecule has 5 rings (SSSR count). The summed E-state index contributed by atoms with van der Waals surface area (Å²) >= 11 is 0. The van der Waals surface area contributed by atoms with Gasteiger partial charge in [-0.3, -0.25) is 0 Å². The molecule has 0 amide bonds. The molecule has 0 N–H and O–H groups in total. The molecule has 3 heteroatoms. The highest BCUT2D eigenvalue weighted by Crippen LogP contribution is 2.51. The second-order valence-corrected chi connectivity index (χ2v) is 10.0. The molecule has 1 heterocycles. The third-order valence-corrected chi connectivity index (χ3v) is 8.26. The quantitative estimate of drug-likeness (QED) is 0.240. The molecule has 0 spiro atoms. The van der Waals surface area contributed by atoms with E-state index in [4.69, 9.17) is 4.53 Å². The lowest BCUT2D eigenvalue weighted by Crippen LogP contribution is -2.29. The number of hydrogen-bond acceptors (Lipinski definition) is 2. The van der Waals surface area contributed by atoms with E-state index in [9.17, 15) is 0 Å². The number of nitrogens with zero attached hydrogens (tertiary/aromatic N) is 1. The first-order chi connectivity index (χ1) is 16.2. The van der Waals surface area contributed by atoms with Gasteiger partial charge < -0.3 is 4.53 Å². The highest BCUT2D eigenvalue weighted by atomic mass is 28.3. The van der Waals surface area contributed by atoms with Gasteiger partial charge in [0.1, 0.15) is 0 Å². The second kappa shape index (κ2) is 9.55. The highest BCUT2D eigenvalue weighted by molar-refractivity contribution is 6.96. The van der Waals surface area contributed by atoms with Crippen LogP contribution in [0.2, 0.25) is 0 Å². The molecule has 2 nitrogen and oxygen atoms in total. The second-order valence-electron chi connectivity index (χ2n) is 8.20. The Bertz CT molecular complexity index is 1180. The molecule has 1 radical (unpaired) electrons. The van der Waals surface area contributed by atoms with Crippen molar-refractivity contribution < 1.29 is 4.53 Å². The van der Waals surface area contributed by atoms with Gasteiger partial charge in [-0.1, -0.05) is 121 Å². The summed E-state index contributed by atoms with van der Waals surface area (Å²) in [4.78, 5) is 0. The van der Waals surface area contributed by atoms with Crippen molar-refractivity contribution in [1.82, 2.24) is 5.06 Å². The lowest BCUT2D eigenvalue weighted by Gasteiger charge is -2.22. The summed E-state index contributed by atoms with van der Waals surface area (Å²) in [6.45, 7) is 0. The van der Waals surface area contributed by atoms with E-state index in [2.05, 4.69) is 121 Å². The van der Waals surface area contributed by atoms with Gasteiger partial charge in [0.25, 0.3) is 0 Å². The summed E-state index contributed by atoms with van der Waals surface area (Å²) in [5.74, 6) is 0. The van der Waals surface area contributed by atoms with Gasteiger partial charge in [0, 0.05) is 14.1 Å². The number of rotatable bonds is 6. The maximum absolute atomic E-state index is 6.67. The fourth-order valence-electron chi connectivity index (χ4n) is 4.42. The molecule has 4 aromatic carbocycles. The van der Waals surface area contributed by atoms with Crippen LogP contribution in [-0.4, -0.2) is 28.2 Å². The van der Waals surface area contributed by atoms with Crippen LogP contribution in [0.3, 0.4) is 0 Å². The van der Waals surface area contributed by atoms with Crippen molar-refractivity contribution in [2.24, 2.45) is 0 Å². The SMILES string of the molecule is CN(C)O[Si]1C(c2ccccc2)=C(c2ccccc2)C(c2ccccc2)=C1c1ccccc1. The van der Waals surface area contributed by atoms with Gasteiger partial charge >= 0.3 is 9.04 Å². The fourth-order valence-corrected chi connectivity index (χ4v) is 7.07. The highest BCUT2D eigenvalue weighted by Gasteiger charge is 2.40. The molecule has 1 aliphatic rings. The summed E-state index contributed by atoms with van der Waals surface area (Å²) in [5, 5.41) is 4.44. The van der Waals surface area contributed by atoms with Gasteiger partial charge in [0.05, 0.1) is 0 Å². The number of allylic oxidation sites excluding steroid dienone is 2. The molecule has 0 saturated carbocycles. The average Bonchev–Trinajstić information content (AvgIpc) is 3.20. The van der Waals surface area contributed by atoms with E-state index in [1.807, 2.05) is 19.2 Å². The Kier molecular flexibility index (Phi) is 6.18. The van der Waals surface area contributed by atoms with Crippen LogP contribution in [0.5, 0.6) is 0 Å². The molecule has 161 valence electrons. The Hall–Kier alpha value is -3.50. The predicted molar refractivity (Wildman–Crippen MR) is 140 cm³/mol. The van der Waals surface area contributed by atoms with Crippen molar-refractivity contribution in [3.8, 4) is 0 Å². The van der Waals surface area contributed by atoms with Crippen LogP contribution in [0, 0.1) is 0 Å². The minimum Gasteiger partial charge on any atom is -0.332 e. The zero-order chi connectivity index (χ0) is 22.6. The predicted octanol–water partition coefficient (Wildman–Crippen LogP) is 6.79. The third-order valence-electron chi connectivity index (χ3n) is 5.73. The zero-order valence-corrected chi connectivity index (χ0v) is 19.9. The Labute approximate surface area is 197 Å². The minimum absolute atomic E-state index is 1.21. The largest absolute Gasteiger partial charge is 0.332 e. The van der Waals surface area contributed by atoms with Crippen LogP contribution in [0.4, 0.5) is 0 Å². The molecule has 0 saturated heterocycles. The van der Waals surface area contributed by atoms with Gasteiger partial charge in [-0.2, -0.15) is 0 Å². The summed E-state index contributed by atoms with van der Waals surface area (Å²) in [7, 11) is 2.36. The molecule has 0 aliphatic carbocycles. The standard InChI is InChI=1S/C30H26NOSi/c1-31(2)32-33-29(25-19-11-5-12-20-25)27(23-15-7-3-8-16-23)28(24-17-9-4-10-18-24)30(33)26-21-13-6-14-22-26/h3-22H,1-2H3. The van der Waals surface area contributed by atoms with Crippen LogP contribution in [0.1, 0.15) is 22.3 Å². The summed E-state index contributed by atoms with van der Waals surface area (Å²) in [5.41, 5.74) is 7.39. The first-order valence-corrected chi connectivity index (χ1v) is 12.6. The average molecular weight is 445 g/mol. The Morgan fingerprint density at radius 1 is 0.455 bits per heavy atom. The van der Waals surface area contributed by atoms with Crippen LogP contribution < -0.4 is 0 Å². The fraction of sp³-hybridized carbons (Fsp3) is 0.0667. The van der Waals surface area contributed by atoms with E-state index in [0.717, 1.165) is 0 Å². The topological polar surface area (TPSA) is 12.5 Å². The van der Waals surface area contributed by atoms with E-state index in [-0.39, 0.29) is 0 Å². The van der Waals surface area contributed by atoms with Gasteiger partial charge in [-0.25, -0.2) is 5.06 Å². The Balaban J connectivity index is 1.89. The van der Waals surface area contributed by atoms with E-state index < -0.39 is 9.04 Å².